The highest BCUT2D eigenvalue weighted by atomic mass is 32.1. The molecule has 0 saturated heterocycles. The minimum absolute atomic E-state index is 0.644. The first-order valence-corrected chi connectivity index (χ1v) is 7.91. The molecule has 0 fully saturated rings. The maximum atomic E-state index is 4.68. The molecule has 18 heavy (non-hydrogen) atoms. The first-order chi connectivity index (χ1) is 8.71. The van der Waals surface area contributed by atoms with E-state index in [0.29, 0.717) is 6.04 Å². The Morgan fingerprint density at radius 3 is 2.83 bits per heavy atom. The Bertz CT molecular complexity index is 325. The molecule has 1 rings (SSSR count). The lowest BCUT2D eigenvalue weighted by atomic mass is 10.2. The summed E-state index contributed by atoms with van der Waals surface area (Å²) in [6, 6.07) is 0.644. The molecule has 1 unspecified atom stereocenters. The van der Waals surface area contributed by atoms with Gasteiger partial charge in [-0.3, -0.25) is 4.90 Å². The van der Waals surface area contributed by atoms with Gasteiger partial charge in [-0.05, 0) is 33.4 Å². The van der Waals surface area contributed by atoms with Crippen LogP contribution in [0.15, 0.2) is 5.38 Å². The van der Waals surface area contributed by atoms with E-state index in [1.165, 1.54) is 36.5 Å². The molecule has 0 aliphatic heterocycles. The summed E-state index contributed by atoms with van der Waals surface area (Å²) in [5, 5.41) is 6.54. The van der Waals surface area contributed by atoms with Gasteiger partial charge in [-0.1, -0.05) is 20.3 Å². The number of hydrogen-bond acceptors (Lipinski definition) is 4. The third kappa shape index (κ3) is 5.04. The van der Waals surface area contributed by atoms with Crippen molar-refractivity contribution >= 4 is 11.3 Å². The zero-order valence-electron chi connectivity index (χ0n) is 12.2. The normalized spacial score (nSPS) is 13.2. The number of aromatic nitrogens is 1. The molecule has 1 aromatic heterocycles. The van der Waals surface area contributed by atoms with Crippen LogP contribution < -0.4 is 5.32 Å². The Kier molecular flexibility index (Phi) is 7.47. The van der Waals surface area contributed by atoms with Gasteiger partial charge in [0.05, 0.1) is 5.69 Å². The van der Waals surface area contributed by atoms with Gasteiger partial charge in [0, 0.05) is 24.5 Å². The molecule has 1 heterocycles. The molecule has 104 valence electrons. The lowest BCUT2D eigenvalue weighted by Gasteiger charge is -2.27. The molecule has 1 atom stereocenters. The summed E-state index contributed by atoms with van der Waals surface area (Å²) in [7, 11) is 1.97. The SMILES string of the molecule is CCCCN(Cc1csc(CNC)n1)C(C)CC. The molecule has 1 aromatic rings. The molecule has 1 N–H and O–H groups in total. The number of thiazole rings is 1. The highest BCUT2D eigenvalue weighted by Gasteiger charge is 2.13. The van der Waals surface area contributed by atoms with Crippen molar-refractivity contribution in [3.63, 3.8) is 0 Å². The fourth-order valence-electron chi connectivity index (χ4n) is 1.94. The van der Waals surface area contributed by atoms with E-state index in [1.54, 1.807) is 11.3 Å². The predicted octanol–water partition coefficient (Wildman–Crippen LogP) is 3.26. The summed E-state index contributed by atoms with van der Waals surface area (Å²) in [5.74, 6) is 0. The fourth-order valence-corrected chi connectivity index (χ4v) is 2.73. The van der Waals surface area contributed by atoms with Crippen LogP contribution in [0.25, 0.3) is 0 Å². The summed E-state index contributed by atoms with van der Waals surface area (Å²) >= 11 is 1.76. The highest BCUT2D eigenvalue weighted by molar-refractivity contribution is 7.09. The van der Waals surface area contributed by atoms with Gasteiger partial charge in [0.1, 0.15) is 5.01 Å². The van der Waals surface area contributed by atoms with E-state index in [0.717, 1.165) is 13.1 Å². The number of unbranched alkanes of at least 4 members (excludes halogenated alkanes) is 1. The predicted molar refractivity (Wildman–Crippen MR) is 79.9 cm³/mol. The van der Waals surface area contributed by atoms with Crippen LogP contribution in [-0.2, 0) is 13.1 Å². The molecule has 0 aliphatic rings. The van der Waals surface area contributed by atoms with Crippen molar-refractivity contribution in [1.82, 2.24) is 15.2 Å². The first kappa shape index (κ1) is 15.6. The van der Waals surface area contributed by atoms with Gasteiger partial charge in [0.15, 0.2) is 0 Å². The summed E-state index contributed by atoms with van der Waals surface area (Å²) < 4.78 is 0. The van der Waals surface area contributed by atoms with E-state index in [9.17, 15) is 0 Å². The van der Waals surface area contributed by atoms with Crippen molar-refractivity contribution in [1.29, 1.82) is 0 Å². The van der Waals surface area contributed by atoms with Gasteiger partial charge < -0.3 is 5.32 Å². The number of hydrogen-bond donors (Lipinski definition) is 1. The molecule has 0 radical (unpaired) electrons. The second kappa shape index (κ2) is 8.62. The standard InChI is InChI=1S/C14H27N3S/c1-5-7-8-17(12(3)6-2)10-13-11-18-14(16-13)9-15-4/h11-12,15H,5-10H2,1-4H3. The zero-order valence-corrected chi connectivity index (χ0v) is 13.0. The largest absolute Gasteiger partial charge is 0.314 e. The second-order valence-corrected chi connectivity index (χ2v) is 5.79. The zero-order chi connectivity index (χ0) is 13.4. The Morgan fingerprint density at radius 2 is 2.22 bits per heavy atom. The molecular weight excluding hydrogens is 242 g/mol. The van der Waals surface area contributed by atoms with Gasteiger partial charge in [-0.25, -0.2) is 4.98 Å². The van der Waals surface area contributed by atoms with Gasteiger partial charge >= 0.3 is 0 Å². The maximum absolute atomic E-state index is 4.68. The Balaban J connectivity index is 2.57. The third-order valence-electron chi connectivity index (χ3n) is 3.31. The van der Waals surface area contributed by atoms with Crippen molar-refractivity contribution in [2.45, 2.75) is 59.2 Å². The van der Waals surface area contributed by atoms with Gasteiger partial charge in [-0.15, -0.1) is 11.3 Å². The van der Waals surface area contributed by atoms with Gasteiger partial charge in [0.25, 0.3) is 0 Å². The second-order valence-electron chi connectivity index (χ2n) is 4.84. The lowest BCUT2D eigenvalue weighted by molar-refractivity contribution is 0.190. The first-order valence-electron chi connectivity index (χ1n) is 7.03. The minimum atomic E-state index is 0.644. The van der Waals surface area contributed by atoms with Crippen LogP contribution in [0.2, 0.25) is 0 Å². The fraction of sp³-hybridized carbons (Fsp3) is 0.786. The van der Waals surface area contributed by atoms with E-state index in [-0.39, 0.29) is 0 Å². The van der Waals surface area contributed by atoms with Gasteiger partial charge in [-0.2, -0.15) is 0 Å². The lowest BCUT2D eigenvalue weighted by Crippen LogP contribution is -2.33. The average Bonchev–Trinajstić information content (AvgIpc) is 2.81. The Morgan fingerprint density at radius 1 is 1.44 bits per heavy atom. The molecule has 0 aromatic carbocycles. The molecule has 0 spiro atoms. The average molecular weight is 269 g/mol. The van der Waals surface area contributed by atoms with E-state index in [2.05, 4.69) is 41.4 Å². The van der Waals surface area contributed by atoms with Crippen molar-refractivity contribution in [2.24, 2.45) is 0 Å². The molecule has 0 amide bonds. The van der Waals surface area contributed by atoms with Crippen molar-refractivity contribution in [2.75, 3.05) is 13.6 Å². The molecule has 0 bridgehead atoms. The molecule has 4 heteroatoms. The van der Waals surface area contributed by atoms with Crippen molar-refractivity contribution in [3.05, 3.63) is 16.1 Å². The van der Waals surface area contributed by atoms with Crippen LogP contribution in [0.1, 0.15) is 50.7 Å². The quantitative estimate of drug-likeness (QED) is 0.746. The number of nitrogens with zero attached hydrogens (tertiary/aromatic N) is 2. The molecule has 0 saturated carbocycles. The smallest absolute Gasteiger partial charge is 0.107 e. The maximum Gasteiger partial charge on any atom is 0.107 e. The van der Waals surface area contributed by atoms with E-state index >= 15 is 0 Å². The van der Waals surface area contributed by atoms with Crippen LogP contribution in [-0.4, -0.2) is 29.5 Å². The summed E-state index contributed by atoms with van der Waals surface area (Å²) in [6.07, 6.45) is 3.74. The molecule has 3 nitrogen and oxygen atoms in total. The van der Waals surface area contributed by atoms with Crippen LogP contribution >= 0.6 is 11.3 Å². The van der Waals surface area contributed by atoms with Gasteiger partial charge in [0.2, 0.25) is 0 Å². The van der Waals surface area contributed by atoms with Crippen LogP contribution in [0.5, 0.6) is 0 Å². The van der Waals surface area contributed by atoms with E-state index in [1.807, 2.05) is 7.05 Å². The highest BCUT2D eigenvalue weighted by Crippen LogP contribution is 2.15. The topological polar surface area (TPSA) is 28.2 Å². The third-order valence-corrected chi connectivity index (χ3v) is 4.20. The van der Waals surface area contributed by atoms with Crippen LogP contribution in [0.3, 0.4) is 0 Å². The number of nitrogens with one attached hydrogen (secondary N) is 1. The Hall–Kier alpha value is -0.450. The van der Waals surface area contributed by atoms with Crippen molar-refractivity contribution in [3.8, 4) is 0 Å². The van der Waals surface area contributed by atoms with E-state index < -0.39 is 0 Å². The summed E-state index contributed by atoms with van der Waals surface area (Å²) in [5.41, 5.74) is 1.22. The van der Waals surface area contributed by atoms with Crippen molar-refractivity contribution < 1.29 is 0 Å². The van der Waals surface area contributed by atoms with Crippen LogP contribution in [0.4, 0.5) is 0 Å². The molecular formula is C14H27N3S. The minimum Gasteiger partial charge on any atom is -0.314 e. The summed E-state index contributed by atoms with van der Waals surface area (Å²) in [6.45, 7) is 9.89. The Labute approximate surface area is 116 Å². The number of rotatable bonds is 9. The molecule has 0 aliphatic carbocycles. The monoisotopic (exact) mass is 269 g/mol. The van der Waals surface area contributed by atoms with Crippen LogP contribution in [0, 0.1) is 0 Å². The summed E-state index contributed by atoms with van der Waals surface area (Å²) in [4.78, 5) is 7.24. The van der Waals surface area contributed by atoms with E-state index in [4.69, 9.17) is 0 Å².